The highest BCUT2D eigenvalue weighted by Crippen LogP contribution is 2.18. The van der Waals surface area contributed by atoms with Crippen molar-refractivity contribution in [2.75, 3.05) is 11.5 Å². The Bertz CT molecular complexity index is 662. The molecular weight excluding hydrogens is 268 g/mol. The average Bonchev–Trinajstić information content (AvgIpc) is 2.43. The van der Waals surface area contributed by atoms with E-state index in [1.54, 1.807) is 36.4 Å². The summed E-state index contributed by atoms with van der Waals surface area (Å²) in [5, 5.41) is 0. The van der Waals surface area contributed by atoms with Crippen LogP contribution in [0.25, 0.3) is 0 Å². The van der Waals surface area contributed by atoms with Gasteiger partial charge in [-0.15, -0.1) is 0 Å². The minimum absolute atomic E-state index is 0.162. The molecule has 0 radical (unpaired) electrons. The molecule has 0 saturated carbocycles. The van der Waals surface area contributed by atoms with E-state index in [2.05, 4.69) is 0 Å². The first-order valence-corrected chi connectivity index (χ1v) is 6.37. The SMILES string of the molecule is Cc1ccc(N)c(C(=O)OC(=O)c2cc(C)ccc2N)c1. The van der Waals surface area contributed by atoms with Gasteiger partial charge in [0.15, 0.2) is 0 Å². The summed E-state index contributed by atoms with van der Waals surface area (Å²) in [5.74, 6) is -1.58. The molecule has 108 valence electrons. The molecule has 2 aromatic carbocycles. The number of esters is 2. The summed E-state index contributed by atoms with van der Waals surface area (Å²) in [6.07, 6.45) is 0. The molecular formula is C16H16N2O3. The lowest BCUT2D eigenvalue weighted by Crippen LogP contribution is -2.16. The van der Waals surface area contributed by atoms with Crippen LogP contribution in [0.5, 0.6) is 0 Å². The van der Waals surface area contributed by atoms with Crippen molar-refractivity contribution in [3.05, 3.63) is 58.7 Å². The Kier molecular flexibility index (Phi) is 3.93. The normalized spacial score (nSPS) is 10.2. The Labute approximate surface area is 122 Å². The molecule has 5 heteroatoms. The summed E-state index contributed by atoms with van der Waals surface area (Å²) < 4.78 is 4.86. The van der Waals surface area contributed by atoms with Gasteiger partial charge in [-0.25, -0.2) is 9.59 Å². The molecule has 0 unspecified atom stereocenters. The van der Waals surface area contributed by atoms with Gasteiger partial charge in [0.1, 0.15) is 0 Å². The monoisotopic (exact) mass is 284 g/mol. The predicted octanol–water partition coefficient (Wildman–Crippen LogP) is 2.47. The number of nitrogen functional groups attached to an aromatic ring is 2. The molecule has 0 aromatic heterocycles. The minimum Gasteiger partial charge on any atom is -0.398 e. The van der Waals surface area contributed by atoms with Gasteiger partial charge in [0, 0.05) is 11.4 Å². The maximum Gasteiger partial charge on any atom is 0.348 e. The van der Waals surface area contributed by atoms with Gasteiger partial charge in [0.25, 0.3) is 0 Å². The van der Waals surface area contributed by atoms with E-state index in [9.17, 15) is 9.59 Å². The van der Waals surface area contributed by atoms with Crippen molar-refractivity contribution in [3.8, 4) is 0 Å². The molecule has 0 atom stereocenters. The molecule has 2 rings (SSSR count). The fourth-order valence-corrected chi connectivity index (χ4v) is 1.89. The molecule has 4 N–H and O–H groups in total. The zero-order valence-electron chi connectivity index (χ0n) is 11.8. The molecule has 2 aromatic rings. The molecule has 21 heavy (non-hydrogen) atoms. The smallest absolute Gasteiger partial charge is 0.348 e. The number of anilines is 2. The number of aryl methyl sites for hydroxylation is 2. The second-order valence-electron chi connectivity index (χ2n) is 4.86. The number of carbonyl (C=O) groups excluding carboxylic acids is 2. The summed E-state index contributed by atoms with van der Waals surface area (Å²) in [7, 11) is 0. The van der Waals surface area contributed by atoms with Crippen molar-refractivity contribution in [2.24, 2.45) is 0 Å². The van der Waals surface area contributed by atoms with Crippen LogP contribution in [-0.2, 0) is 4.74 Å². The fraction of sp³-hybridized carbons (Fsp3) is 0.125. The second-order valence-corrected chi connectivity index (χ2v) is 4.86. The third-order valence-electron chi connectivity index (χ3n) is 3.04. The van der Waals surface area contributed by atoms with E-state index in [0.29, 0.717) is 0 Å². The lowest BCUT2D eigenvalue weighted by Gasteiger charge is -2.08. The third kappa shape index (κ3) is 3.20. The standard InChI is InChI=1S/C16H16N2O3/c1-9-3-5-13(17)11(7-9)15(19)21-16(20)12-8-10(2)4-6-14(12)18/h3-8H,17-18H2,1-2H3. The van der Waals surface area contributed by atoms with Crippen LogP contribution in [0.4, 0.5) is 11.4 Å². The molecule has 0 bridgehead atoms. The molecule has 0 spiro atoms. The molecule has 0 fully saturated rings. The van der Waals surface area contributed by atoms with Crippen LogP contribution in [0.1, 0.15) is 31.8 Å². The van der Waals surface area contributed by atoms with Crippen molar-refractivity contribution >= 4 is 23.3 Å². The Hall–Kier alpha value is -2.82. The minimum atomic E-state index is -0.790. The van der Waals surface area contributed by atoms with Crippen LogP contribution in [0, 0.1) is 13.8 Å². The van der Waals surface area contributed by atoms with E-state index < -0.39 is 11.9 Å². The molecule has 0 aliphatic carbocycles. The maximum atomic E-state index is 12.0. The zero-order chi connectivity index (χ0) is 15.6. The lowest BCUT2D eigenvalue weighted by atomic mass is 10.1. The summed E-state index contributed by atoms with van der Waals surface area (Å²) in [4.78, 5) is 24.1. The highest BCUT2D eigenvalue weighted by atomic mass is 16.6. The van der Waals surface area contributed by atoms with E-state index in [-0.39, 0.29) is 22.5 Å². The average molecular weight is 284 g/mol. The zero-order valence-corrected chi connectivity index (χ0v) is 11.8. The number of benzene rings is 2. The van der Waals surface area contributed by atoms with E-state index >= 15 is 0 Å². The van der Waals surface area contributed by atoms with Gasteiger partial charge in [-0.1, -0.05) is 23.3 Å². The van der Waals surface area contributed by atoms with Gasteiger partial charge < -0.3 is 16.2 Å². The van der Waals surface area contributed by atoms with Crippen LogP contribution in [0.15, 0.2) is 36.4 Å². The van der Waals surface area contributed by atoms with Crippen LogP contribution >= 0.6 is 0 Å². The number of carbonyl (C=O) groups is 2. The number of hydrogen-bond acceptors (Lipinski definition) is 5. The van der Waals surface area contributed by atoms with Crippen LogP contribution in [0.3, 0.4) is 0 Å². The van der Waals surface area contributed by atoms with Crippen molar-refractivity contribution in [2.45, 2.75) is 13.8 Å². The summed E-state index contributed by atoms with van der Waals surface area (Å²) in [6.45, 7) is 3.63. The number of hydrogen-bond donors (Lipinski definition) is 2. The van der Waals surface area contributed by atoms with Gasteiger partial charge in [0.2, 0.25) is 0 Å². The highest BCUT2D eigenvalue weighted by Gasteiger charge is 2.19. The Balaban J connectivity index is 2.25. The first-order valence-electron chi connectivity index (χ1n) is 6.37. The summed E-state index contributed by atoms with van der Waals surface area (Å²) in [5.41, 5.74) is 14.0. The topological polar surface area (TPSA) is 95.4 Å². The Morgan fingerprint density at radius 3 is 1.57 bits per heavy atom. The quantitative estimate of drug-likeness (QED) is 0.502. The molecule has 0 aliphatic heterocycles. The number of rotatable bonds is 2. The van der Waals surface area contributed by atoms with Crippen molar-refractivity contribution in [1.82, 2.24) is 0 Å². The first-order chi connectivity index (χ1) is 9.88. The van der Waals surface area contributed by atoms with Gasteiger partial charge in [-0.05, 0) is 38.1 Å². The van der Waals surface area contributed by atoms with Crippen molar-refractivity contribution in [1.29, 1.82) is 0 Å². The molecule has 5 nitrogen and oxygen atoms in total. The highest BCUT2D eigenvalue weighted by molar-refractivity contribution is 6.06. The van der Waals surface area contributed by atoms with Crippen LogP contribution in [-0.4, -0.2) is 11.9 Å². The van der Waals surface area contributed by atoms with Crippen molar-refractivity contribution in [3.63, 3.8) is 0 Å². The summed E-state index contributed by atoms with van der Waals surface area (Å²) >= 11 is 0. The molecule has 0 aliphatic rings. The van der Waals surface area contributed by atoms with E-state index in [4.69, 9.17) is 16.2 Å². The number of ether oxygens (including phenoxy) is 1. The largest absolute Gasteiger partial charge is 0.398 e. The van der Waals surface area contributed by atoms with Gasteiger partial charge in [-0.3, -0.25) is 0 Å². The summed E-state index contributed by atoms with van der Waals surface area (Å²) in [6, 6.07) is 9.88. The van der Waals surface area contributed by atoms with Gasteiger partial charge in [-0.2, -0.15) is 0 Å². The first kappa shape index (κ1) is 14.6. The van der Waals surface area contributed by atoms with E-state index in [1.165, 1.54) is 0 Å². The third-order valence-corrected chi connectivity index (χ3v) is 3.04. The van der Waals surface area contributed by atoms with E-state index in [0.717, 1.165) is 11.1 Å². The molecule has 0 heterocycles. The lowest BCUT2D eigenvalue weighted by molar-refractivity contribution is 0.0399. The van der Waals surface area contributed by atoms with E-state index in [1.807, 2.05) is 13.8 Å². The van der Waals surface area contributed by atoms with Crippen LogP contribution in [0.2, 0.25) is 0 Å². The Morgan fingerprint density at radius 1 is 0.810 bits per heavy atom. The van der Waals surface area contributed by atoms with Gasteiger partial charge >= 0.3 is 11.9 Å². The van der Waals surface area contributed by atoms with Crippen LogP contribution < -0.4 is 11.5 Å². The van der Waals surface area contributed by atoms with Gasteiger partial charge in [0.05, 0.1) is 11.1 Å². The second kappa shape index (κ2) is 5.66. The molecule has 0 amide bonds. The molecule has 0 saturated heterocycles. The predicted molar refractivity (Wildman–Crippen MR) is 80.9 cm³/mol. The Morgan fingerprint density at radius 2 is 1.19 bits per heavy atom. The maximum absolute atomic E-state index is 12.0. The van der Waals surface area contributed by atoms with Crippen molar-refractivity contribution < 1.29 is 14.3 Å². The number of nitrogens with two attached hydrogens (primary N) is 2. The fourth-order valence-electron chi connectivity index (χ4n) is 1.89.